The van der Waals surface area contributed by atoms with Gasteiger partial charge in [-0.1, -0.05) is 28.1 Å². The van der Waals surface area contributed by atoms with Gasteiger partial charge in [0.25, 0.3) is 0 Å². The monoisotopic (exact) mass is 320 g/mol. The van der Waals surface area contributed by atoms with Gasteiger partial charge in [0.15, 0.2) is 0 Å². The zero-order valence-corrected chi connectivity index (χ0v) is 12.7. The van der Waals surface area contributed by atoms with E-state index in [1.807, 2.05) is 31.2 Å². The highest BCUT2D eigenvalue weighted by Gasteiger charge is 2.03. The summed E-state index contributed by atoms with van der Waals surface area (Å²) in [7, 11) is 0. The summed E-state index contributed by atoms with van der Waals surface area (Å²) in [5.41, 5.74) is 4.37. The molecular weight excluding hydrogens is 304 g/mol. The van der Waals surface area contributed by atoms with Gasteiger partial charge in [0.1, 0.15) is 12.4 Å². The summed E-state index contributed by atoms with van der Waals surface area (Å²) in [6, 6.07) is 11.9. The Labute approximate surface area is 122 Å². The topological polar surface area (TPSA) is 29.5 Å². The Balaban J connectivity index is 2.08. The Morgan fingerprint density at radius 2 is 1.68 bits per heavy atom. The Hall–Kier alpha value is -1.32. The average Bonchev–Trinajstić information content (AvgIpc) is 2.38. The van der Waals surface area contributed by atoms with E-state index in [0.29, 0.717) is 6.61 Å². The molecule has 0 aliphatic carbocycles. The van der Waals surface area contributed by atoms with Crippen LogP contribution in [-0.4, -0.2) is 5.11 Å². The van der Waals surface area contributed by atoms with E-state index in [9.17, 15) is 0 Å². The molecule has 2 nitrogen and oxygen atoms in total. The third kappa shape index (κ3) is 3.58. The number of benzene rings is 2. The van der Waals surface area contributed by atoms with Crippen LogP contribution < -0.4 is 4.74 Å². The Bertz CT molecular complexity index is 579. The van der Waals surface area contributed by atoms with Crippen molar-refractivity contribution >= 4 is 15.9 Å². The normalized spacial score (nSPS) is 10.5. The second-order valence-corrected chi connectivity index (χ2v) is 5.52. The van der Waals surface area contributed by atoms with E-state index < -0.39 is 0 Å². The first-order valence-corrected chi connectivity index (χ1v) is 6.97. The molecule has 0 amide bonds. The first-order valence-electron chi connectivity index (χ1n) is 6.18. The number of aliphatic hydroxyl groups excluding tert-OH is 1. The summed E-state index contributed by atoms with van der Waals surface area (Å²) < 4.78 is 6.88. The summed E-state index contributed by atoms with van der Waals surface area (Å²) in [5.74, 6) is 0.831. The van der Waals surface area contributed by atoms with Crippen LogP contribution in [0.5, 0.6) is 5.75 Å². The van der Waals surface area contributed by atoms with Gasteiger partial charge < -0.3 is 9.84 Å². The Morgan fingerprint density at radius 3 is 2.32 bits per heavy atom. The molecule has 19 heavy (non-hydrogen) atoms. The third-order valence-electron chi connectivity index (χ3n) is 3.18. The van der Waals surface area contributed by atoms with Crippen molar-refractivity contribution in [2.75, 3.05) is 0 Å². The van der Waals surface area contributed by atoms with Crippen LogP contribution >= 0.6 is 15.9 Å². The molecule has 0 aliphatic rings. The molecule has 1 N–H and O–H groups in total. The van der Waals surface area contributed by atoms with E-state index in [0.717, 1.165) is 21.3 Å². The minimum absolute atomic E-state index is 0.0674. The molecule has 0 radical (unpaired) electrons. The Kier molecular flexibility index (Phi) is 4.61. The maximum atomic E-state index is 9.13. The molecule has 0 saturated carbocycles. The van der Waals surface area contributed by atoms with E-state index in [2.05, 4.69) is 35.0 Å². The average molecular weight is 321 g/mol. The van der Waals surface area contributed by atoms with Crippen molar-refractivity contribution in [2.45, 2.75) is 27.1 Å². The second-order valence-electron chi connectivity index (χ2n) is 4.61. The molecule has 0 saturated heterocycles. The van der Waals surface area contributed by atoms with E-state index in [1.165, 1.54) is 11.1 Å². The number of ether oxygens (including phenoxy) is 1. The van der Waals surface area contributed by atoms with E-state index in [1.54, 1.807) is 0 Å². The lowest BCUT2D eigenvalue weighted by atomic mass is 10.1. The molecule has 2 aromatic carbocycles. The molecule has 3 heteroatoms. The molecule has 0 unspecified atom stereocenters. The molecule has 0 aromatic heterocycles. The van der Waals surface area contributed by atoms with Crippen LogP contribution in [0.3, 0.4) is 0 Å². The fourth-order valence-electron chi connectivity index (χ4n) is 1.92. The van der Waals surface area contributed by atoms with Crippen LogP contribution in [0.1, 0.15) is 22.3 Å². The number of halogens is 1. The third-order valence-corrected chi connectivity index (χ3v) is 3.68. The standard InChI is InChI=1S/C16H17BrO2/c1-11-7-15(17)5-3-14(11)10-19-16-6-4-13(9-18)12(2)8-16/h3-8,18H,9-10H2,1-2H3. The van der Waals surface area contributed by atoms with Gasteiger partial charge in [-0.2, -0.15) is 0 Å². The van der Waals surface area contributed by atoms with Crippen molar-refractivity contribution in [1.29, 1.82) is 0 Å². The SMILES string of the molecule is Cc1cc(OCc2ccc(Br)cc2C)ccc1CO. The van der Waals surface area contributed by atoms with E-state index in [-0.39, 0.29) is 6.61 Å². The van der Waals surface area contributed by atoms with Gasteiger partial charge in [0.2, 0.25) is 0 Å². The second kappa shape index (κ2) is 6.22. The lowest BCUT2D eigenvalue weighted by molar-refractivity contribution is 0.280. The predicted molar refractivity (Wildman–Crippen MR) is 80.3 cm³/mol. The number of aryl methyl sites for hydroxylation is 2. The lowest BCUT2D eigenvalue weighted by Crippen LogP contribution is -1.99. The maximum Gasteiger partial charge on any atom is 0.120 e. The van der Waals surface area contributed by atoms with Crippen molar-refractivity contribution in [3.63, 3.8) is 0 Å². The van der Waals surface area contributed by atoms with Gasteiger partial charge in [-0.15, -0.1) is 0 Å². The van der Waals surface area contributed by atoms with Crippen LogP contribution in [-0.2, 0) is 13.2 Å². The molecule has 0 spiro atoms. The zero-order chi connectivity index (χ0) is 13.8. The van der Waals surface area contributed by atoms with Crippen molar-refractivity contribution in [3.05, 3.63) is 63.1 Å². The van der Waals surface area contributed by atoms with Crippen molar-refractivity contribution in [3.8, 4) is 5.75 Å². The number of hydrogen-bond donors (Lipinski definition) is 1. The van der Waals surface area contributed by atoms with E-state index in [4.69, 9.17) is 9.84 Å². The fraction of sp³-hybridized carbons (Fsp3) is 0.250. The van der Waals surface area contributed by atoms with Crippen molar-refractivity contribution in [1.82, 2.24) is 0 Å². The van der Waals surface area contributed by atoms with Crippen LogP contribution in [0.4, 0.5) is 0 Å². The predicted octanol–water partition coefficient (Wildman–Crippen LogP) is 4.14. The van der Waals surface area contributed by atoms with Crippen molar-refractivity contribution in [2.24, 2.45) is 0 Å². The van der Waals surface area contributed by atoms with Gasteiger partial charge in [0, 0.05) is 4.47 Å². The molecule has 0 atom stereocenters. The molecule has 2 rings (SSSR count). The Morgan fingerprint density at radius 1 is 1.00 bits per heavy atom. The van der Waals surface area contributed by atoms with E-state index >= 15 is 0 Å². The summed E-state index contributed by atoms with van der Waals surface area (Å²) in [5, 5.41) is 9.13. The van der Waals surface area contributed by atoms with Gasteiger partial charge in [-0.05, 0) is 60.4 Å². The number of rotatable bonds is 4. The number of aliphatic hydroxyl groups is 1. The maximum absolute atomic E-state index is 9.13. The number of hydrogen-bond acceptors (Lipinski definition) is 2. The van der Waals surface area contributed by atoms with Gasteiger partial charge in [0.05, 0.1) is 6.61 Å². The van der Waals surface area contributed by atoms with Crippen molar-refractivity contribution < 1.29 is 9.84 Å². The highest BCUT2D eigenvalue weighted by Crippen LogP contribution is 2.21. The summed E-state index contributed by atoms with van der Waals surface area (Å²) in [4.78, 5) is 0. The lowest BCUT2D eigenvalue weighted by Gasteiger charge is -2.11. The molecule has 0 bridgehead atoms. The minimum atomic E-state index is 0.0674. The largest absolute Gasteiger partial charge is 0.489 e. The highest BCUT2D eigenvalue weighted by atomic mass is 79.9. The van der Waals surface area contributed by atoms with Crippen LogP contribution in [0, 0.1) is 13.8 Å². The molecule has 0 aliphatic heterocycles. The van der Waals surface area contributed by atoms with Crippen LogP contribution in [0.15, 0.2) is 40.9 Å². The van der Waals surface area contributed by atoms with Crippen LogP contribution in [0.25, 0.3) is 0 Å². The fourth-order valence-corrected chi connectivity index (χ4v) is 2.39. The van der Waals surface area contributed by atoms with Gasteiger partial charge >= 0.3 is 0 Å². The van der Waals surface area contributed by atoms with Gasteiger partial charge in [-0.3, -0.25) is 0 Å². The first kappa shape index (κ1) is 14.1. The minimum Gasteiger partial charge on any atom is -0.489 e. The van der Waals surface area contributed by atoms with Crippen LogP contribution in [0.2, 0.25) is 0 Å². The highest BCUT2D eigenvalue weighted by molar-refractivity contribution is 9.10. The molecule has 0 fully saturated rings. The van der Waals surface area contributed by atoms with Gasteiger partial charge in [-0.25, -0.2) is 0 Å². The first-order chi connectivity index (χ1) is 9.10. The molecule has 0 heterocycles. The molecular formula is C16H17BrO2. The zero-order valence-electron chi connectivity index (χ0n) is 11.1. The molecule has 100 valence electrons. The molecule has 2 aromatic rings. The summed E-state index contributed by atoms with van der Waals surface area (Å²) >= 11 is 3.45. The summed E-state index contributed by atoms with van der Waals surface area (Å²) in [6.07, 6.45) is 0. The smallest absolute Gasteiger partial charge is 0.120 e. The quantitative estimate of drug-likeness (QED) is 0.917. The summed E-state index contributed by atoms with van der Waals surface area (Å²) in [6.45, 7) is 4.67.